The quantitative estimate of drug-likeness (QED) is 0.175. The van der Waals surface area contributed by atoms with E-state index in [1.54, 1.807) is 0 Å². The van der Waals surface area contributed by atoms with E-state index in [2.05, 4.69) is 138 Å². The van der Waals surface area contributed by atoms with Crippen molar-refractivity contribution in [3.05, 3.63) is 188 Å². The first-order chi connectivity index (χ1) is 29.2. The van der Waals surface area contributed by atoms with Crippen LogP contribution in [-0.2, 0) is 6.54 Å². The first-order valence-electron chi connectivity index (χ1n) is 19.9. The maximum Gasteiger partial charge on any atom is 0.181 e. The van der Waals surface area contributed by atoms with Gasteiger partial charge in [0.15, 0.2) is 11.6 Å². The van der Waals surface area contributed by atoms with Crippen molar-refractivity contribution in [1.29, 1.82) is 0 Å². The van der Waals surface area contributed by atoms with E-state index in [0.29, 0.717) is 12.4 Å². The maximum absolute atomic E-state index is 6.55. The van der Waals surface area contributed by atoms with Gasteiger partial charge >= 0.3 is 0 Å². The number of furan rings is 2. The van der Waals surface area contributed by atoms with Crippen molar-refractivity contribution in [3.63, 3.8) is 0 Å². The fourth-order valence-corrected chi connectivity index (χ4v) is 9.21. The molecule has 0 N–H and O–H groups in total. The van der Waals surface area contributed by atoms with Crippen LogP contribution in [-0.4, -0.2) is 19.3 Å². The predicted molar refractivity (Wildman–Crippen MR) is 240 cm³/mol. The van der Waals surface area contributed by atoms with Gasteiger partial charge in [0.25, 0.3) is 0 Å². The normalized spacial score (nSPS) is 12.1. The van der Waals surface area contributed by atoms with E-state index >= 15 is 0 Å². The van der Waals surface area contributed by atoms with Crippen molar-refractivity contribution < 1.29 is 8.83 Å². The summed E-state index contributed by atoms with van der Waals surface area (Å²) in [5.74, 6) is 1.48. The second-order valence-electron chi connectivity index (χ2n) is 15.4. The highest BCUT2D eigenvalue weighted by molar-refractivity contribution is 6.20. The molecule has 0 saturated carbocycles. The molecule has 0 aliphatic rings. The molecule has 4 aromatic heterocycles. The smallest absolute Gasteiger partial charge is 0.181 e. The molecular formula is C53H32N4O2. The molecule has 6 heteroatoms. The van der Waals surface area contributed by atoms with E-state index in [0.717, 1.165) is 82.9 Å². The average Bonchev–Trinajstić information content (AvgIpc) is 4.06. The van der Waals surface area contributed by atoms with Gasteiger partial charge in [-0.1, -0.05) is 109 Å². The van der Waals surface area contributed by atoms with E-state index in [9.17, 15) is 0 Å². The molecule has 59 heavy (non-hydrogen) atoms. The summed E-state index contributed by atoms with van der Waals surface area (Å²) in [4.78, 5) is 5.16. The van der Waals surface area contributed by atoms with Crippen LogP contribution in [0.2, 0.25) is 0 Å². The SMILES string of the molecule is c1ccc(-c2nc(-c3ccc4oc5ccccc5c4c3)nn2Cc2ccc3oc4ccc5ccc(-n6c7ccccc7c7cc8ccccc8cc76)cc5c4c3c2)cc1. The number of aromatic nitrogens is 4. The number of hydrogen-bond acceptors (Lipinski definition) is 4. The first-order valence-corrected chi connectivity index (χ1v) is 19.9. The monoisotopic (exact) mass is 756 g/mol. The predicted octanol–water partition coefficient (Wildman–Crippen LogP) is 13.9. The molecule has 13 aromatic rings. The van der Waals surface area contributed by atoms with Gasteiger partial charge in [-0.2, -0.15) is 5.10 Å². The number of fused-ring (bicyclic) bond motifs is 12. The third-order valence-corrected chi connectivity index (χ3v) is 12.0. The molecule has 0 spiro atoms. The van der Waals surface area contributed by atoms with Gasteiger partial charge in [0.1, 0.15) is 22.3 Å². The molecule has 0 bridgehead atoms. The van der Waals surface area contributed by atoms with Gasteiger partial charge in [-0.25, -0.2) is 9.67 Å². The molecule has 13 rings (SSSR count). The van der Waals surface area contributed by atoms with Crippen molar-refractivity contribution >= 4 is 87.2 Å². The van der Waals surface area contributed by atoms with Crippen molar-refractivity contribution in [1.82, 2.24) is 19.3 Å². The van der Waals surface area contributed by atoms with Crippen LogP contribution < -0.4 is 0 Å². The van der Waals surface area contributed by atoms with Crippen LogP contribution in [0, 0.1) is 0 Å². The lowest BCUT2D eigenvalue weighted by molar-refractivity contribution is 0.667. The fraction of sp³-hybridized carbons (Fsp3) is 0.0189. The van der Waals surface area contributed by atoms with Crippen LogP contribution in [0.1, 0.15) is 5.56 Å². The van der Waals surface area contributed by atoms with Gasteiger partial charge in [0.05, 0.1) is 17.6 Å². The van der Waals surface area contributed by atoms with Gasteiger partial charge < -0.3 is 13.4 Å². The average molecular weight is 757 g/mol. The Morgan fingerprint density at radius 1 is 0.424 bits per heavy atom. The lowest BCUT2D eigenvalue weighted by atomic mass is 10.0. The van der Waals surface area contributed by atoms with Gasteiger partial charge in [-0.3, -0.25) is 0 Å². The van der Waals surface area contributed by atoms with E-state index in [1.165, 1.54) is 32.6 Å². The van der Waals surface area contributed by atoms with Crippen molar-refractivity contribution in [2.45, 2.75) is 6.54 Å². The van der Waals surface area contributed by atoms with Crippen molar-refractivity contribution in [3.8, 4) is 28.5 Å². The van der Waals surface area contributed by atoms with Crippen LogP contribution in [0.25, 0.3) is 116 Å². The third kappa shape index (κ3) is 4.93. The molecule has 0 aliphatic carbocycles. The largest absolute Gasteiger partial charge is 0.456 e. The summed E-state index contributed by atoms with van der Waals surface area (Å²) in [6.45, 7) is 0.530. The minimum Gasteiger partial charge on any atom is -0.456 e. The molecule has 0 unspecified atom stereocenters. The molecule has 0 fully saturated rings. The molecule has 6 nitrogen and oxygen atoms in total. The molecule has 276 valence electrons. The standard InChI is InChI=1S/C53H32N4O2/c1-2-10-34(11-3-1)53-54-52(37-21-24-48-43(28-37)40-15-7-9-17-47(40)58-48)55-56(53)31-32-18-23-49-44(26-32)51-41-30-38(22-19-33(41)20-25-50(51)59-49)57-45-16-8-6-14-39(45)42-27-35-12-4-5-13-36(35)29-46(42)57/h1-30H,31H2. The van der Waals surface area contributed by atoms with Crippen LogP contribution in [0.3, 0.4) is 0 Å². The highest BCUT2D eigenvalue weighted by Crippen LogP contribution is 2.40. The lowest BCUT2D eigenvalue weighted by Crippen LogP contribution is -2.04. The van der Waals surface area contributed by atoms with Gasteiger partial charge in [0.2, 0.25) is 0 Å². The third-order valence-electron chi connectivity index (χ3n) is 12.0. The van der Waals surface area contributed by atoms with Crippen LogP contribution in [0.4, 0.5) is 0 Å². The maximum atomic E-state index is 6.55. The molecule has 9 aromatic carbocycles. The van der Waals surface area contributed by atoms with E-state index in [-0.39, 0.29) is 0 Å². The topological polar surface area (TPSA) is 61.9 Å². The van der Waals surface area contributed by atoms with Crippen LogP contribution in [0.5, 0.6) is 0 Å². The number of hydrogen-bond donors (Lipinski definition) is 0. The molecule has 0 amide bonds. The Hall–Kier alpha value is -7.96. The van der Waals surface area contributed by atoms with E-state index in [1.807, 2.05) is 53.2 Å². The molecular weight excluding hydrogens is 725 g/mol. The first kappa shape index (κ1) is 32.2. The van der Waals surface area contributed by atoms with Crippen molar-refractivity contribution in [2.24, 2.45) is 0 Å². The summed E-state index contributed by atoms with van der Waals surface area (Å²) in [7, 11) is 0. The molecule has 0 saturated heterocycles. The number of rotatable bonds is 5. The summed E-state index contributed by atoms with van der Waals surface area (Å²) in [5, 5.41) is 16.7. The number of para-hydroxylation sites is 2. The second-order valence-corrected chi connectivity index (χ2v) is 15.4. The summed E-state index contributed by atoms with van der Waals surface area (Å²) >= 11 is 0. The summed E-state index contributed by atoms with van der Waals surface area (Å²) in [6, 6.07) is 64.2. The Balaban J connectivity index is 0.959. The van der Waals surface area contributed by atoms with Gasteiger partial charge in [0, 0.05) is 49.1 Å². The zero-order chi connectivity index (χ0) is 38.6. The Morgan fingerprint density at radius 3 is 2.05 bits per heavy atom. The Bertz CT molecular complexity index is 3830. The zero-order valence-corrected chi connectivity index (χ0v) is 31.6. The molecule has 0 aliphatic heterocycles. The Morgan fingerprint density at radius 2 is 1.14 bits per heavy atom. The van der Waals surface area contributed by atoms with E-state index < -0.39 is 0 Å². The molecule has 0 atom stereocenters. The fourth-order valence-electron chi connectivity index (χ4n) is 9.21. The minimum absolute atomic E-state index is 0.530. The Labute approximate surface area is 336 Å². The van der Waals surface area contributed by atoms with Crippen LogP contribution >= 0.6 is 0 Å². The summed E-state index contributed by atoms with van der Waals surface area (Å²) in [6.07, 6.45) is 0. The lowest BCUT2D eigenvalue weighted by Gasteiger charge is -2.11. The summed E-state index contributed by atoms with van der Waals surface area (Å²) in [5.41, 5.74) is 9.98. The van der Waals surface area contributed by atoms with Gasteiger partial charge in [-0.05, 0) is 99.9 Å². The van der Waals surface area contributed by atoms with Crippen molar-refractivity contribution in [2.75, 3.05) is 0 Å². The highest BCUT2D eigenvalue weighted by atomic mass is 16.3. The van der Waals surface area contributed by atoms with Crippen LogP contribution in [0.15, 0.2) is 191 Å². The molecule has 4 heterocycles. The second kappa shape index (κ2) is 12.3. The highest BCUT2D eigenvalue weighted by Gasteiger charge is 2.19. The summed E-state index contributed by atoms with van der Waals surface area (Å²) < 4.78 is 17.1. The molecule has 0 radical (unpaired) electrons. The Kier molecular flexibility index (Phi) is 6.69. The number of nitrogens with zero attached hydrogens (tertiary/aromatic N) is 4. The zero-order valence-electron chi connectivity index (χ0n) is 31.6. The minimum atomic E-state index is 0.530. The van der Waals surface area contributed by atoms with E-state index in [4.69, 9.17) is 18.9 Å². The number of benzene rings is 9. The van der Waals surface area contributed by atoms with Gasteiger partial charge in [-0.15, -0.1) is 0 Å².